The van der Waals surface area contributed by atoms with E-state index in [0.717, 1.165) is 41.9 Å². The molecule has 0 amide bonds. The number of para-hydroxylation sites is 2. The number of carbonyl (C=O) groups excluding carboxylic acids is 1. The van der Waals surface area contributed by atoms with E-state index in [2.05, 4.69) is 101 Å². The molecule has 2 heterocycles. The summed E-state index contributed by atoms with van der Waals surface area (Å²) in [4.78, 5) is 17.2. The van der Waals surface area contributed by atoms with Crippen LogP contribution >= 0.6 is 0 Å². The minimum atomic E-state index is 0. The minimum Gasteiger partial charge on any atom is -1.00 e. The average Bonchev–Trinajstić information content (AvgIpc) is 3.75. The van der Waals surface area contributed by atoms with Crippen LogP contribution in [0, 0.1) is 0 Å². The number of fused-ring (bicyclic) bond motifs is 4. The van der Waals surface area contributed by atoms with Crippen molar-refractivity contribution < 1.29 is 35.8 Å². The molecule has 8 rings (SSSR count). The number of nitrogens with two attached hydrogens (primary N) is 1. The van der Waals surface area contributed by atoms with Crippen LogP contribution in [0.15, 0.2) is 146 Å². The number of benzene rings is 6. The summed E-state index contributed by atoms with van der Waals surface area (Å²) in [6.07, 6.45) is 10.8. The van der Waals surface area contributed by atoms with Gasteiger partial charge in [0.25, 0.3) is 0 Å². The fraction of sp³-hybridized carbons (Fsp3) is 0.140. The molecule has 6 aromatic carbocycles. The molecule has 49 heavy (non-hydrogen) atoms. The quantitative estimate of drug-likeness (QED) is 0.0947. The molecule has 0 aliphatic heterocycles. The molecule has 2 aromatic heterocycles. The van der Waals surface area contributed by atoms with Crippen LogP contribution in [0.25, 0.3) is 43.4 Å². The third-order valence-electron chi connectivity index (χ3n) is 8.74. The van der Waals surface area contributed by atoms with E-state index in [4.69, 9.17) is 5.73 Å². The van der Waals surface area contributed by atoms with E-state index in [9.17, 15) is 4.79 Å². The Labute approximate surface area is 314 Å². The second kappa shape index (κ2) is 19.0. The van der Waals surface area contributed by atoms with Gasteiger partial charge in [-0.15, -0.1) is 0 Å². The summed E-state index contributed by atoms with van der Waals surface area (Å²) in [5, 5.41) is 7.56. The number of aryl methyl sites for hydroxylation is 2. The molecule has 0 saturated heterocycles. The molecule has 0 saturated carbocycles. The fourth-order valence-corrected chi connectivity index (χ4v) is 6.33. The molecule has 0 fully saturated rings. The van der Waals surface area contributed by atoms with Gasteiger partial charge in [0.15, 0.2) is 6.29 Å². The Kier molecular flexibility index (Phi) is 14.5. The van der Waals surface area contributed by atoms with Crippen molar-refractivity contribution >= 4 is 58.0 Å². The van der Waals surface area contributed by atoms with Crippen LogP contribution in [0.2, 0.25) is 0 Å². The van der Waals surface area contributed by atoms with Gasteiger partial charge in [0, 0.05) is 48.2 Å². The van der Waals surface area contributed by atoms with Crippen molar-refractivity contribution in [2.45, 2.75) is 32.1 Å². The van der Waals surface area contributed by atoms with Crippen LogP contribution in [0.3, 0.4) is 0 Å². The summed E-state index contributed by atoms with van der Waals surface area (Å²) >= 11 is 0. The monoisotopic (exact) mass is 650 g/mol. The number of unbranched alkanes of at least 4 members (excludes halogenated alkanes) is 1. The molecule has 239 valence electrons. The van der Waals surface area contributed by atoms with Gasteiger partial charge in [0.05, 0.1) is 0 Å². The summed E-state index contributed by atoms with van der Waals surface area (Å²) in [6, 6.07) is 45.8. The molecule has 4 N–H and O–H groups in total. The minimum absolute atomic E-state index is 0. The maximum Gasteiger partial charge on any atom is 1.00 e. The van der Waals surface area contributed by atoms with Gasteiger partial charge in [-0.05, 0) is 89.0 Å². The van der Waals surface area contributed by atoms with E-state index in [1.807, 2.05) is 54.7 Å². The van der Waals surface area contributed by atoms with E-state index >= 15 is 0 Å². The standard InChI is InChI=1S/C22H21N.C11H8O.C10H12N2.B.Na.H/c1(2-10-19-16-23-22-15-6-5-14-21(19)22)8-17-11-7-12-18-9-3-4-13-20(17)18;12-8-10-6-3-5-9-4-1-2-7-11(9)10;11-6-5-8-7-12-10-4-2-1-3-9(8)10;;;/h3-7,9,11-16,23H,1-2,8,10H2;1-8H;1-4,7,12H,5-6,11H2;;;/q;;;;+1;-1. The predicted octanol–water partition coefficient (Wildman–Crippen LogP) is 6.94. The zero-order valence-corrected chi connectivity index (χ0v) is 30.2. The molecule has 0 bridgehead atoms. The van der Waals surface area contributed by atoms with Crippen molar-refractivity contribution in [3.63, 3.8) is 0 Å². The zero-order valence-electron chi connectivity index (χ0n) is 29.2. The molecule has 0 aliphatic rings. The van der Waals surface area contributed by atoms with Gasteiger partial charge in [-0.2, -0.15) is 0 Å². The van der Waals surface area contributed by atoms with Gasteiger partial charge in [-0.3, -0.25) is 4.79 Å². The number of carbonyl (C=O) groups is 1. The number of aldehydes is 1. The molecule has 3 radical (unpaired) electrons. The normalized spacial score (nSPS) is 10.4. The van der Waals surface area contributed by atoms with Crippen molar-refractivity contribution in [1.29, 1.82) is 0 Å². The molecule has 8 aromatic rings. The first-order chi connectivity index (χ1) is 23.2. The number of H-pyrrole nitrogens is 2. The van der Waals surface area contributed by atoms with E-state index in [0.29, 0.717) is 6.54 Å². The number of aromatic nitrogens is 2. The fourth-order valence-electron chi connectivity index (χ4n) is 6.33. The summed E-state index contributed by atoms with van der Waals surface area (Å²) in [5.41, 5.74) is 12.9. The van der Waals surface area contributed by atoms with Gasteiger partial charge in [0.2, 0.25) is 0 Å². The van der Waals surface area contributed by atoms with Gasteiger partial charge >= 0.3 is 29.6 Å². The topological polar surface area (TPSA) is 74.7 Å². The van der Waals surface area contributed by atoms with Gasteiger partial charge in [-0.25, -0.2) is 0 Å². The third-order valence-corrected chi connectivity index (χ3v) is 8.74. The second-order valence-corrected chi connectivity index (χ2v) is 11.8. The Balaban J connectivity index is 0.000000214. The molecule has 0 aliphatic carbocycles. The molecule has 0 atom stereocenters. The third kappa shape index (κ3) is 9.41. The number of hydrogen-bond acceptors (Lipinski definition) is 2. The van der Waals surface area contributed by atoms with Crippen molar-refractivity contribution in [2.75, 3.05) is 6.54 Å². The van der Waals surface area contributed by atoms with Gasteiger partial charge < -0.3 is 17.1 Å². The van der Waals surface area contributed by atoms with Crippen LogP contribution in [-0.2, 0) is 19.3 Å². The predicted molar refractivity (Wildman–Crippen MR) is 206 cm³/mol. The molecule has 6 heteroatoms. The maximum atomic E-state index is 10.6. The summed E-state index contributed by atoms with van der Waals surface area (Å²) in [5.74, 6) is 0. The van der Waals surface area contributed by atoms with Crippen LogP contribution < -0.4 is 35.3 Å². The largest absolute Gasteiger partial charge is 1.00 e. The van der Waals surface area contributed by atoms with E-state index in [1.54, 1.807) is 0 Å². The van der Waals surface area contributed by atoms with Crippen LogP contribution in [0.4, 0.5) is 0 Å². The van der Waals surface area contributed by atoms with Crippen molar-refractivity contribution in [3.05, 3.63) is 168 Å². The summed E-state index contributed by atoms with van der Waals surface area (Å²) < 4.78 is 0. The van der Waals surface area contributed by atoms with E-state index in [1.165, 1.54) is 62.1 Å². The van der Waals surface area contributed by atoms with Crippen molar-refractivity contribution in [2.24, 2.45) is 5.73 Å². The van der Waals surface area contributed by atoms with Gasteiger partial charge in [0.1, 0.15) is 0 Å². The summed E-state index contributed by atoms with van der Waals surface area (Å²) in [7, 11) is 0. The second-order valence-electron chi connectivity index (χ2n) is 11.8. The van der Waals surface area contributed by atoms with E-state index in [-0.39, 0.29) is 39.4 Å². The van der Waals surface area contributed by atoms with Gasteiger partial charge in [-0.1, -0.05) is 121 Å². The SMILES string of the molecule is NCCc1c[nH]c2ccccc12.O=Cc1cccc2ccccc12.[B].[H-].[Na+].c1ccc2c(CCCCc3c[nH]c4ccccc34)cccc2c1. The smallest absolute Gasteiger partial charge is 1.00 e. The molecular weight excluding hydrogens is 608 g/mol. The molecule has 4 nitrogen and oxygen atoms in total. The summed E-state index contributed by atoms with van der Waals surface area (Å²) in [6.45, 7) is 0.710. The Morgan fingerprint density at radius 3 is 1.55 bits per heavy atom. The average molecular weight is 651 g/mol. The Morgan fingerprint density at radius 1 is 0.510 bits per heavy atom. The molecule has 0 spiro atoms. The van der Waals surface area contributed by atoms with Crippen molar-refractivity contribution in [1.82, 2.24) is 9.97 Å². The first-order valence-electron chi connectivity index (χ1n) is 16.4. The number of aromatic amines is 2. The number of hydrogen-bond donors (Lipinski definition) is 3. The molecular formula is C43H42BN3NaO. The Hall–Kier alpha value is -4.39. The zero-order chi connectivity index (χ0) is 32.3. The first-order valence-corrected chi connectivity index (χ1v) is 16.4. The van der Waals surface area contributed by atoms with Crippen LogP contribution in [-0.4, -0.2) is 31.2 Å². The maximum absolute atomic E-state index is 10.6. The van der Waals surface area contributed by atoms with Crippen molar-refractivity contribution in [3.8, 4) is 0 Å². The molecule has 0 unspecified atom stereocenters. The van der Waals surface area contributed by atoms with Crippen LogP contribution in [0.1, 0.15) is 41.3 Å². The van der Waals surface area contributed by atoms with Crippen LogP contribution in [0.5, 0.6) is 0 Å². The van der Waals surface area contributed by atoms with E-state index < -0.39 is 0 Å². The number of nitrogens with one attached hydrogen (secondary N) is 2. The number of rotatable bonds is 8. The Morgan fingerprint density at radius 2 is 0.959 bits per heavy atom. The Bertz CT molecular complexity index is 2220. The first kappa shape index (κ1) is 37.4.